The van der Waals surface area contributed by atoms with E-state index < -0.39 is 11.6 Å². The van der Waals surface area contributed by atoms with Crippen molar-refractivity contribution < 1.29 is 8.78 Å². The molecule has 0 spiro atoms. The van der Waals surface area contributed by atoms with Crippen molar-refractivity contribution in [1.29, 1.82) is 0 Å². The van der Waals surface area contributed by atoms with E-state index in [1.54, 1.807) is 18.5 Å². The lowest BCUT2D eigenvalue weighted by Gasteiger charge is -2.12. The lowest BCUT2D eigenvalue weighted by molar-refractivity contribution is 0.484. The molecule has 0 fully saturated rings. The Hall–Kier alpha value is -1.75. The Kier molecular flexibility index (Phi) is 3.49. The van der Waals surface area contributed by atoms with Gasteiger partial charge in [0.2, 0.25) is 0 Å². The third-order valence-corrected chi connectivity index (χ3v) is 2.65. The van der Waals surface area contributed by atoms with Gasteiger partial charge in [-0.05, 0) is 13.0 Å². The van der Waals surface area contributed by atoms with E-state index in [0.717, 1.165) is 11.6 Å². The summed E-state index contributed by atoms with van der Waals surface area (Å²) in [5.74, 6) is -1.61. The average molecular weight is 237 g/mol. The first kappa shape index (κ1) is 11.7. The minimum absolute atomic E-state index is 0.0245. The third kappa shape index (κ3) is 2.68. The molecule has 3 nitrogen and oxygen atoms in total. The number of nitrogens with zero attached hydrogens (tertiary/aromatic N) is 1. The summed E-state index contributed by atoms with van der Waals surface area (Å²) in [5, 5.41) is 9.64. The molecule has 0 radical (unpaired) electrons. The fraction of sp³-hybridized carbons (Fsp3) is 0.250. The Labute approximate surface area is 97.9 Å². The quantitative estimate of drug-likeness (QED) is 0.857. The zero-order valence-corrected chi connectivity index (χ0v) is 9.37. The van der Waals surface area contributed by atoms with E-state index in [-0.39, 0.29) is 12.6 Å². The number of hydrogen-bond acceptors (Lipinski definition) is 2. The van der Waals surface area contributed by atoms with Crippen LogP contribution < -0.4 is 5.32 Å². The second-order valence-electron chi connectivity index (χ2n) is 3.85. The molecule has 0 bridgehead atoms. The summed E-state index contributed by atoms with van der Waals surface area (Å²) < 4.78 is 26.3. The average Bonchev–Trinajstić information content (AvgIpc) is 2.84. The number of benzene rings is 1. The maximum absolute atomic E-state index is 13.4. The zero-order valence-electron chi connectivity index (χ0n) is 9.37. The summed E-state index contributed by atoms with van der Waals surface area (Å²) in [6, 6.07) is 4.19. The molecule has 0 saturated heterocycles. The first-order valence-electron chi connectivity index (χ1n) is 5.33. The van der Waals surface area contributed by atoms with E-state index in [1.807, 2.05) is 6.92 Å². The van der Waals surface area contributed by atoms with Gasteiger partial charge >= 0.3 is 0 Å². The maximum atomic E-state index is 13.4. The van der Waals surface area contributed by atoms with Crippen LogP contribution in [-0.4, -0.2) is 10.2 Å². The van der Waals surface area contributed by atoms with Crippen LogP contribution in [0.1, 0.15) is 24.1 Å². The van der Waals surface area contributed by atoms with Crippen molar-refractivity contribution in [3.05, 3.63) is 53.4 Å². The van der Waals surface area contributed by atoms with Gasteiger partial charge in [0.25, 0.3) is 0 Å². The summed E-state index contributed by atoms with van der Waals surface area (Å²) in [6.07, 6.45) is 3.46. The topological polar surface area (TPSA) is 40.7 Å². The van der Waals surface area contributed by atoms with Gasteiger partial charge in [-0.2, -0.15) is 5.10 Å². The van der Waals surface area contributed by atoms with E-state index in [0.29, 0.717) is 5.56 Å². The van der Waals surface area contributed by atoms with Gasteiger partial charge < -0.3 is 5.32 Å². The lowest BCUT2D eigenvalue weighted by Crippen LogP contribution is -2.18. The Morgan fingerprint density at radius 3 is 2.94 bits per heavy atom. The molecule has 5 heteroatoms. The molecule has 2 N–H and O–H groups in total. The number of aromatic amines is 1. The first-order chi connectivity index (χ1) is 8.18. The van der Waals surface area contributed by atoms with Crippen molar-refractivity contribution in [2.75, 3.05) is 0 Å². The molecule has 1 aromatic heterocycles. The lowest BCUT2D eigenvalue weighted by atomic mass is 10.1. The largest absolute Gasteiger partial charge is 0.306 e. The summed E-state index contributed by atoms with van der Waals surface area (Å²) in [5.41, 5.74) is 1.29. The van der Waals surface area contributed by atoms with Crippen molar-refractivity contribution in [1.82, 2.24) is 15.5 Å². The summed E-state index contributed by atoms with van der Waals surface area (Å²) in [6.45, 7) is 2.21. The van der Waals surface area contributed by atoms with Gasteiger partial charge in [0.1, 0.15) is 0 Å². The van der Waals surface area contributed by atoms with Crippen molar-refractivity contribution in [3.63, 3.8) is 0 Å². The van der Waals surface area contributed by atoms with Gasteiger partial charge in [-0.15, -0.1) is 0 Å². The molecule has 0 aliphatic heterocycles. The highest BCUT2D eigenvalue weighted by atomic mass is 19.2. The van der Waals surface area contributed by atoms with Crippen LogP contribution in [0.4, 0.5) is 8.78 Å². The minimum Gasteiger partial charge on any atom is -0.306 e. The summed E-state index contributed by atoms with van der Waals surface area (Å²) >= 11 is 0. The Bertz CT molecular complexity index is 483. The van der Waals surface area contributed by atoms with Gasteiger partial charge in [0.15, 0.2) is 11.6 Å². The number of nitrogens with one attached hydrogen (secondary N) is 2. The molecular formula is C12H13F2N3. The summed E-state index contributed by atoms with van der Waals surface area (Å²) in [4.78, 5) is 0. The van der Waals surface area contributed by atoms with Gasteiger partial charge in [-0.3, -0.25) is 5.10 Å². The summed E-state index contributed by atoms with van der Waals surface area (Å²) in [7, 11) is 0. The predicted octanol–water partition coefficient (Wildman–Crippen LogP) is 2.54. The Balaban J connectivity index is 2.00. The Morgan fingerprint density at radius 1 is 1.41 bits per heavy atom. The molecule has 17 heavy (non-hydrogen) atoms. The molecule has 2 rings (SSSR count). The van der Waals surface area contributed by atoms with E-state index in [2.05, 4.69) is 15.5 Å². The first-order valence-corrected chi connectivity index (χ1v) is 5.33. The maximum Gasteiger partial charge on any atom is 0.163 e. The molecular weight excluding hydrogens is 224 g/mol. The molecule has 0 saturated carbocycles. The van der Waals surface area contributed by atoms with Crippen LogP contribution in [0.5, 0.6) is 0 Å². The van der Waals surface area contributed by atoms with Crippen LogP contribution in [0.3, 0.4) is 0 Å². The van der Waals surface area contributed by atoms with Gasteiger partial charge in [-0.1, -0.05) is 12.1 Å². The van der Waals surface area contributed by atoms with E-state index in [4.69, 9.17) is 0 Å². The van der Waals surface area contributed by atoms with Crippen molar-refractivity contribution in [2.45, 2.75) is 19.5 Å². The second kappa shape index (κ2) is 5.05. The van der Waals surface area contributed by atoms with E-state index in [1.165, 1.54) is 6.07 Å². The smallest absolute Gasteiger partial charge is 0.163 e. The van der Waals surface area contributed by atoms with Gasteiger partial charge in [-0.25, -0.2) is 8.78 Å². The standard InChI is InChI=1S/C12H13F2N3/c1-8(10-6-16-17-7-10)15-5-9-3-2-4-11(13)12(9)14/h2-4,6-8,15H,5H2,1H3,(H,16,17). The molecule has 0 aliphatic carbocycles. The molecule has 1 heterocycles. The van der Waals surface area contributed by atoms with Crippen LogP contribution in [0.25, 0.3) is 0 Å². The van der Waals surface area contributed by atoms with Crippen LogP contribution in [0.2, 0.25) is 0 Å². The normalized spacial score (nSPS) is 12.6. The number of halogens is 2. The van der Waals surface area contributed by atoms with Crippen LogP contribution in [0, 0.1) is 11.6 Å². The monoisotopic (exact) mass is 237 g/mol. The van der Waals surface area contributed by atoms with Crippen molar-refractivity contribution in [2.24, 2.45) is 0 Å². The fourth-order valence-corrected chi connectivity index (χ4v) is 1.56. The predicted molar refractivity (Wildman–Crippen MR) is 60.2 cm³/mol. The fourth-order valence-electron chi connectivity index (χ4n) is 1.56. The highest BCUT2D eigenvalue weighted by Crippen LogP contribution is 2.14. The third-order valence-electron chi connectivity index (χ3n) is 2.65. The van der Waals surface area contributed by atoms with Crippen molar-refractivity contribution in [3.8, 4) is 0 Å². The minimum atomic E-state index is -0.819. The highest BCUT2D eigenvalue weighted by molar-refractivity contribution is 5.19. The van der Waals surface area contributed by atoms with Gasteiger partial charge in [0.05, 0.1) is 6.20 Å². The Morgan fingerprint density at radius 2 is 2.24 bits per heavy atom. The molecule has 1 aromatic carbocycles. The van der Waals surface area contributed by atoms with Gasteiger partial charge in [0, 0.05) is 29.9 Å². The number of rotatable bonds is 4. The second-order valence-corrected chi connectivity index (χ2v) is 3.85. The van der Waals surface area contributed by atoms with Crippen LogP contribution >= 0.6 is 0 Å². The number of H-pyrrole nitrogens is 1. The number of aromatic nitrogens is 2. The SMILES string of the molecule is CC(NCc1cccc(F)c1F)c1cn[nH]c1. The number of hydrogen-bond donors (Lipinski definition) is 2. The molecule has 90 valence electrons. The molecule has 0 amide bonds. The molecule has 1 unspecified atom stereocenters. The molecule has 1 atom stereocenters. The molecule has 2 aromatic rings. The zero-order chi connectivity index (χ0) is 12.3. The van der Waals surface area contributed by atoms with E-state index >= 15 is 0 Å². The van der Waals surface area contributed by atoms with Crippen molar-refractivity contribution >= 4 is 0 Å². The molecule has 0 aliphatic rings. The van der Waals surface area contributed by atoms with Crippen LogP contribution in [-0.2, 0) is 6.54 Å². The van der Waals surface area contributed by atoms with E-state index in [9.17, 15) is 8.78 Å². The van der Waals surface area contributed by atoms with Crippen LogP contribution in [0.15, 0.2) is 30.6 Å². The highest BCUT2D eigenvalue weighted by Gasteiger charge is 2.10.